The molecule has 0 aliphatic carbocycles. The molecule has 1 N–H and O–H groups in total. The van der Waals surface area contributed by atoms with E-state index < -0.39 is 0 Å². The summed E-state index contributed by atoms with van der Waals surface area (Å²) in [5.41, 5.74) is 2.33. The summed E-state index contributed by atoms with van der Waals surface area (Å²) >= 11 is 0. The third kappa shape index (κ3) is 2.28. The normalized spacial score (nSPS) is 12.1. The second kappa shape index (κ2) is 3.64. The lowest BCUT2D eigenvalue weighted by molar-refractivity contribution is 0.446. The average Bonchev–Trinajstić information content (AvgIpc) is 2.02. The maximum atomic E-state index is 9.75. The molecule has 0 spiro atoms. The summed E-state index contributed by atoms with van der Waals surface area (Å²) < 4.78 is 0. The lowest BCUT2D eigenvalue weighted by Crippen LogP contribution is -2.11. The molecular weight excluding hydrogens is 172 g/mol. The van der Waals surface area contributed by atoms with Gasteiger partial charge in [0, 0.05) is 0 Å². The van der Waals surface area contributed by atoms with Crippen LogP contribution in [0.4, 0.5) is 0 Å². The Kier molecular flexibility index (Phi) is 2.89. The highest BCUT2D eigenvalue weighted by Crippen LogP contribution is 2.32. The summed E-state index contributed by atoms with van der Waals surface area (Å²) in [5.74, 6) is 0.915. The fourth-order valence-electron chi connectivity index (χ4n) is 1.51. The number of benzene rings is 1. The Bertz CT molecular complexity index is 318. The molecule has 0 saturated heterocycles. The molecule has 78 valence electrons. The molecule has 1 aromatic carbocycles. The van der Waals surface area contributed by atoms with Gasteiger partial charge in [-0.05, 0) is 28.5 Å². The van der Waals surface area contributed by atoms with E-state index in [1.807, 2.05) is 6.07 Å². The number of rotatable bonds is 1. The molecule has 0 aliphatic rings. The second-order valence-corrected chi connectivity index (χ2v) is 5.18. The molecule has 1 aromatic rings. The largest absolute Gasteiger partial charge is 0.508 e. The fraction of sp³-hybridized carbons (Fsp3) is 0.538. The van der Waals surface area contributed by atoms with E-state index in [-0.39, 0.29) is 5.41 Å². The molecule has 0 saturated carbocycles. The first-order chi connectivity index (χ1) is 6.32. The van der Waals surface area contributed by atoms with Gasteiger partial charge >= 0.3 is 0 Å². The predicted octanol–water partition coefficient (Wildman–Crippen LogP) is 3.81. The summed E-state index contributed by atoms with van der Waals surface area (Å²) in [6.07, 6.45) is 0. The molecule has 0 radical (unpaired) electrons. The zero-order valence-corrected chi connectivity index (χ0v) is 9.76. The highest BCUT2D eigenvalue weighted by atomic mass is 16.3. The minimum atomic E-state index is 0.00891. The van der Waals surface area contributed by atoms with Gasteiger partial charge in [0.15, 0.2) is 0 Å². The van der Waals surface area contributed by atoms with Crippen LogP contribution in [0.25, 0.3) is 0 Å². The van der Waals surface area contributed by atoms with Gasteiger partial charge in [-0.2, -0.15) is 0 Å². The van der Waals surface area contributed by atoms with Crippen molar-refractivity contribution in [1.29, 1.82) is 0 Å². The molecule has 0 fully saturated rings. The van der Waals surface area contributed by atoms with Crippen molar-refractivity contribution in [2.24, 2.45) is 0 Å². The summed E-state index contributed by atoms with van der Waals surface area (Å²) in [6, 6.07) is 5.91. The van der Waals surface area contributed by atoms with Crippen molar-refractivity contribution < 1.29 is 5.11 Å². The molecule has 0 heterocycles. The molecule has 0 aliphatic heterocycles. The van der Waals surface area contributed by atoms with Crippen molar-refractivity contribution >= 4 is 0 Å². The highest BCUT2D eigenvalue weighted by Gasteiger charge is 2.18. The van der Waals surface area contributed by atoms with Gasteiger partial charge in [-0.1, -0.05) is 46.8 Å². The Morgan fingerprint density at radius 1 is 1.14 bits per heavy atom. The first-order valence-corrected chi connectivity index (χ1v) is 5.16. The quantitative estimate of drug-likeness (QED) is 0.717. The van der Waals surface area contributed by atoms with Gasteiger partial charge in [-0.25, -0.2) is 0 Å². The van der Waals surface area contributed by atoms with Crippen LogP contribution in [-0.2, 0) is 5.41 Å². The number of hydrogen-bond acceptors (Lipinski definition) is 1. The van der Waals surface area contributed by atoms with Crippen LogP contribution in [0.2, 0.25) is 0 Å². The molecular formula is C13H20O. The number of hydrogen-bond donors (Lipinski definition) is 1. The molecule has 0 amide bonds. The van der Waals surface area contributed by atoms with E-state index >= 15 is 0 Å². The third-order valence-electron chi connectivity index (χ3n) is 2.50. The summed E-state index contributed by atoms with van der Waals surface area (Å²) in [5, 5.41) is 9.75. The Morgan fingerprint density at radius 3 is 2.14 bits per heavy atom. The number of aromatic hydroxyl groups is 1. The zero-order chi connectivity index (χ0) is 10.9. The summed E-state index contributed by atoms with van der Waals surface area (Å²) in [7, 11) is 0. The van der Waals surface area contributed by atoms with Crippen LogP contribution < -0.4 is 0 Å². The van der Waals surface area contributed by atoms with Crippen molar-refractivity contribution in [3.05, 3.63) is 29.3 Å². The van der Waals surface area contributed by atoms with Gasteiger partial charge < -0.3 is 5.11 Å². The molecule has 14 heavy (non-hydrogen) atoms. The third-order valence-corrected chi connectivity index (χ3v) is 2.50. The molecule has 0 atom stereocenters. The maximum Gasteiger partial charge on any atom is 0.119 e. The van der Waals surface area contributed by atoms with Crippen LogP contribution in [0.15, 0.2) is 18.2 Å². The first-order valence-electron chi connectivity index (χ1n) is 5.16. The molecule has 1 nitrogen and oxygen atoms in total. The Labute approximate surface area is 86.8 Å². The standard InChI is InChI=1S/C13H20O/c1-9(2)10-6-7-12(14)11(8-10)13(3,4)5/h6-9,14H,1-5H3. The molecule has 1 heteroatoms. The van der Waals surface area contributed by atoms with Crippen molar-refractivity contribution in [3.8, 4) is 5.75 Å². The number of phenolic OH excluding ortho intramolecular Hbond substituents is 1. The van der Waals surface area contributed by atoms with E-state index in [0.29, 0.717) is 11.7 Å². The van der Waals surface area contributed by atoms with Crippen LogP contribution in [0.1, 0.15) is 51.7 Å². The lowest BCUT2D eigenvalue weighted by atomic mass is 9.84. The van der Waals surface area contributed by atoms with E-state index in [4.69, 9.17) is 0 Å². The Balaban J connectivity index is 3.22. The predicted molar refractivity (Wildman–Crippen MR) is 60.9 cm³/mol. The second-order valence-electron chi connectivity index (χ2n) is 5.18. The molecule has 0 bridgehead atoms. The van der Waals surface area contributed by atoms with E-state index in [1.54, 1.807) is 6.07 Å². The molecule has 1 rings (SSSR count). The lowest BCUT2D eigenvalue weighted by Gasteiger charge is -2.22. The van der Waals surface area contributed by atoms with Crippen molar-refractivity contribution in [3.63, 3.8) is 0 Å². The SMILES string of the molecule is CC(C)c1ccc(O)c(C(C)(C)C)c1. The van der Waals surface area contributed by atoms with Crippen molar-refractivity contribution in [2.45, 2.75) is 46.0 Å². The van der Waals surface area contributed by atoms with Gasteiger partial charge in [-0.3, -0.25) is 0 Å². The van der Waals surface area contributed by atoms with E-state index in [0.717, 1.165) is 5.56 Å². The van der Waals surface area contributed by atoms with Gasteiger partial charge in [-0.15, -0.1) is 0 Å². The van der Waals surface area contributed by atoms with Gasteiger partial charge in [0.25, 0.3) is 0 Å². The maximum absolute atomic E-state index is 9.75. The fourth-order valence-corrected chi connectivity index (χ4v) is 1.51. The van der Waals surface area contributed by atoms with Crippen LogP contribution in [0.5, 0.6) is 5.75 Å². The van der Waals surface area contributed by atoms with Gasteiger partial charge in [0.2, 0.25) is 0 Å². The van der Waals surface area contributed by atoms with Crippen LogP contribution >= 0.6 is 0 Å². The Morgan fingerprint density at radius 2 is 1.71 bits per heavy atom. The summed E-state index contributed by atoms with van der Waals surface area (Å²) in [4.78, 5) is 0. The zero-order valence-electron chi connectivity index (χ0n) is 9.76. The van der Waals surface area contributed by atoms with E-state index in [9.17, 15) is 5.11 Å². The van der Waals surface area contributed by atoms with Crippen LogP contribution in [0.3, 0.4) is 0 Å². The average molecular weight is 192 g/mol. The van der Waals surface area contributed by atoms with E-state index in [1.165, 1.54) is 5.56 Å². The molecule has 0 aromatic heterocycles. The highest BCUT2D eigenvalue weighted by molar-refractivity contribution is 5.41. The minimum absolute atomic E-state index is 0.00891. The first kappa shape index (κ1) is 11.1. The minimum Gasteiger partial charge on any atom is -0.508 e. The van der Waals surface area contributed by atoms with E-state index in [2.05, 4.69) is 40.7 Å². The van der Waals surface area contributed by atoms with Gasteiger partial charge in [0.1, 0.15) is 5.75 Å². The van der Waals surface area contributed by atoms with Crippen LogP contribution in [-0.4, -0.2) is 5.11 Å². The smallest absolute Gasteiger partial charge is 0.119 e. The Hall–Kier alpha value is -0.980. The monoisotopic (exact) mass is 192 g/mol. The van der Waals surface area contributed by atoms with Crippen molar-refractivity contribution in [1.82, 2.24) is 0 Å². The van der Waals surface area contributed by atoms with Gasteiger partial charge in [0.05, 0.1) is 0 Å². The van der Waals surface area contributed by atoms with Crippen molar-refractivity contribution in [2.75, 3.05) is 0 Å². The number of phenols is 1. The molecule has 0 unspecified atom stereocenters. The van der Waals surface area contributed by atoms with Crippen LogP contribution in [0, 0.1) is 0 Å². The summed E-state index contributed by atoms with van der Waals surface area (Å²) in [6.45, 7) is 10.7. The topological polar surface area (TPSA) is 20.2 Å².